The van der Waals surface area contributed by atoms with E-state index in [9.17, 15) is 18.5 Å². The summed E-state index contributed by atoms with van der Waals surface area (Å²) in [4.78, 5) is 10.2. The number of anilines is 1. The molecule has 2 rings (SSSR count). The highest BCUT2D eigenvalue weighted by Gasteiger charge is 2.27. The van der Waals surface area contributed by atoms with Crippen LogP contribution in [-0.2, 0) is 10.0 Å². The van der Waals surface area contributed by atoms with Crippen LogP contribution in [0.15, 0.2) is 53.4 Å². The molecule has 0 unspecified atom stereocenters. The molecule has 116 valence electrons. The molecular weight excluding hydrogens is 304 g/mol. The highest BCUT2D eigenvalue weighted by Crippen LogP contribution is 2.28. The van der Waals surface area contributed by atoms with Crippen molar-refractivity contribution in [2.75, 3.05) is 10.8 Å². The number of non-ortho nitro benzene ring substituents is 1. The summed E-state index contributed by atoms with van der Waals surface area (Å²) in [5, 5.41) is 10.9. The second-order valence-electron chi connectivity index (χ2n) is 4.71. The normalized spacial score (nSPS) is 11.2. The third kappa shape index (κ3) is 2.94. The number of nitro benzene ring substituents is 1. The quantitative estimate of drug-likeness (QED) is 0.626. The van der Waals surface area contributed by atoms with E-state index in [2.05, 4.69) is 0 Å². The predicted octanol–water partition coefficient (Wildman–Crippen LogP) is 3.12. The lowest BCUT2D eigenvalue weighted by atomic mass is 10.2. The summed E-state index contributed by atoms with van der Waals surface area (Å²) in [5.74, 6) is 0. The minimum absolute atomic E-state index is 0.0487. The van der Waals surface area contributed by atoms with Gasteiger partial charge in [-0.25, -0.2) is 8.42 Å². The van der Waals surface area contributed by atoms with Crippen molar-refractivity contribution in [2.24, 2.45) is 0 Å². The third-order valence-electron chi connectivity index (χ3n) is 3.28. The lowest BCUT2D eigenvalue weighted by molar-refractivity contribution is -0.385. The molecule has 6 nitrogen and oxygen atoms in total. The van der Waals surface area contributed by atoms with Gasteiger partial charge in [-0.1, -0.05) is 24.3 Å². The van der Waals surface area contributed by atoms with Crippen molar-refractivity contribution in [1.82, 2.24) is 0 Å². The number of para-hydroxylation sites is 1. The fourth-order valence-corrected chi connectivity index (χ4v) is 3.91. The van der Waals surface area contributed by atoms with Gasteiger partial charge in [0, 0.05) is 18.7 Å². The average molecular weight is 320 g/mol. The Bertz CT molecular complexity index is 788. The van der Waals surface area contributed by atoms with Crippen LogP contribution in [0.5, 0.6) is 0 Å². The maximum atomic E-state index is 12.9. The van der Waals surface area contributed by atoms with E-state index < -0.39 is 14.9 Å². The Morgan fingerprint density at radius 3 is 2.32 bits per heavy atom. The van der Waals surface area contributed by atoms with E-state index in [0.29, 0.717) is 11.3 Å². The van der Waals surface area contributed by atoms with Crippen molar-refractivity contribution in [1.29, 1.82) is 0 Å². The lowest BCUT2D eigenvalue weighted by Gasteiger charge is -2.23. The zero-order valence-corrected chi connectivity index (χ0v) is 13.1. The molecule has 0 aliphatic heterocycles. The molecule has 7 heteroatoms. The van der Waals surface area contributed by atoms with Gasteiger partial charge in [0.25, 0.3) is 15.7 Å². The summed E-state index contributed by atoms with van der Waals surface area (Å²) in [6.07, 6.45) is 0. The number of hydrogen-bond donors (Lipinski definition) is 0. The molecule has 0 saturated carbocycles. The van der Waals surface area contributed by atoms with Crippen LogP contribution in [0.2, 0.25) is 0 Å². The number of hydrogen-bond acceptors (Lipinski definition) is 4. The van der Waals surface area contributed by atoms with Gasteiger partial charge in [-0.15, -0.1) is 0 Å². The van der Waals surface area contributed by atoms with E-state index in [-0.39, 0.29) is 17.1 Å². The number of benzene rings is 2. The molecule has 0 amide bonds. The van der Waals surface area contributed by atoms with Crippen molar-refractivity contribution in [3.8, 4) is 0 Å². The topological polar surface area (TPSA) is 80.5 Å². The largest absolute Gasteiger partial charge is 0.270 e. The van der Waals surface area contributed by atoms with Gasteiger partial charge in [0.15, 0.2) is 0 Å². The first-order valence-corrected chi connectivity index (χ1v) is 8.14. The Balaban J connectivity index is 2.58. The molecular formula is C15H16N2O4S. The molecule has 0 saturated heterocycles. The Hall–Kier alpha value is -2.41. The fraction of sp³-hybridized carbons (Fsp3) is 0.200. The lowest BCUT2D eigenvalue weighted by Crippen LogP contribution is -2.31. The highest BCUT2D eigenvalue weighted by atomic mass is 32.2. The predicted molar refractivity (Wildman–Crippen MR) is 84.5 cm³/mol. The van der Waals surface area contributed by atoms with Gasteiger partial charge in [0.1, 0.15) is 0 Å². The van der Waals surface area contributed by atoms with Crippen LogP contribution in [0.4, 0.5) is 11.4 Å². The zero-order chi connectivity index (χ0) is 16.3. The molecule has 0 fully saturated rings. The SMILES string of the molecule is CCN(c1ccccc1)S(=O)(=O)c1cc([N+](=O)[O-])ccc1C. The molecule has 0 radical (unpaired) electrons. The standard InChI is InChI=1S/C15H16N2O4S/c1-3-16(13-7-5-4-6-8-13)22(20,21)15-11-14(17(18)19)10-9-12(15)2/h4-11H,3H2,1-2H3. The maximum absolute atomic E-state index is 12.9. The number of aryl methyl sites for hydroxylation is 1. The van der Waals surface area contributed by atoms with Crippen LogP contribution in [0.3, 0.4) is 0 Å². The van der Waals surface area contributed by atoms with Crippen molar-refractivity contribution < 1.29 is 13.3 Å². The van der Waals surface area contributed by atoms with Gasteiger partial charge in [-0.05, 0) is 31.5 Å². The van der Waals surface area contributed by atoms with Gasteiger partial charge in [-0.2, -0.15) is 0 Å². The summed E-state index contributed by atoms with van der Waals surface area (Å²) in [6, 6.07) is 12.5. The van der Waals surface area contributed by atoms with E-state index in [1.807, 2.05) is 0 Å². The van der Waals surface area contributed by atoms with Crippen LogP contribution in [-0.4, -0.2) is 19.9 Å². The second kappa shape index (κ2) is 6.15. The van der Waals surface area contributed by atoms with Crippen LogP contribution >= 0.6 is 0 Å². The molecule has 2 aromatic rings. The molecule has 0 aliphatic carbocycles. The summed E-state index contributed by atoms with van der Waals surface area (Å²) in [5.41, 5.74) is 0.754. The van der Waals surface area contributed by atoms with Gasteiger partial charge in [0.05, 0.1) is 15.5 Å². The van der Waals surface area contributed by atoms with Gasteiger partial charge < -0.3 is 0 Å². The minimum atomic E-state index is -3.86. The van der Waals surface area contributed by atoms with Crippen LogP contribution in [0.25, 0.3) is 0 Å². The Morgan fingerprint density at radius 2 is 1.77 bits per heavy atom. The number of sulfonamides is 1. The Morgan fingerprint density at radius 1 is 1.14 bits per heavy atom. The fourth-order valence-electron chi connectivity index (χ4n) is 2.18. The van der Waals surface area contributed by atoms with Crippen LogP contribution < -0.4 is 4.31 Å². The first-order chi connectivity index (χ1) is 10.4. The van der Waals surface area contributed by atoms with Crippen LogP contribution in [0.1, 0.15) is 12.5 Å². The third-order valence-corrected chi connectivity index (χ3v) is 5.33. The molecule has 2 aromatic carbocycles. The second-order valence-corrected chi connectivity index (χ2v) is 6.54. The Labute approximate surface area is 129 Å². The molecule has 0 heterocycles. The average Bonchev–Trinajstić information content (AvgIpc) is 2.48. The monoisotopic (exact) mass is 320 g/mol. The minimum Gasteiger partial charge on any atom is -0.267 e. The molecule has 0 spiro atoms. The smallest absolute Gasteiger partial charge is 0.267 e. The number of nitro groups is 1. The molecule has 22 heavy (non-hydrogen) atoms. The maximum Gasteiger partial charge on any atom is 0.270 e. The summed E-state index contributed by atoms with van der Waals surface area (Å²) in [7, 11) is -3.86. The van der Waals surface area contributed by atoms with E-state index >= 15 is 0 Å². The van der Waals surface area contributed by atoms with E-state index in [0.717, 1.165) is 6.07 Å². The van der Waals surface area contributed by atoms with Gasteiger partial charge in [-0.3, -0.25) is 14.4 Å². The van der Waals surface area contributed by atoms with Crippen molar-refractivity contribution in [2.45, 2.75) is 18.7 Å². The molecule has 0 aromatic heterocycles. The van der Waals surface area contributed by atoms with Gasteiger partial charge in [0.2, 0.25) is 0 Å². The molecule has 0 aliphatic rings. The zero-order valence-electron chi connectivity index (χ0n) is 12.3. The van der Waals surface area contributed by atoms with Crippen LogP contribution in [0, 0.1) is 17.0 Å². The molecule has 0 atom stereocenters. The van der Waals surface area contributed by atoms with Crippen molar-refractivity contribution in [3.05, 3.63) is 64.2 Å². The van der Waals surface area contributed by atoms with E-state index in [1.54, 1.807) is 44.2 Å². The molecule has 0 bridgehead atoms. The first-order valence-electron chi connectivity index (χ1n) is 6.70. The summed E-state index contributed by atoms with van der Waals surface area (Å²) >= 11 is 0. The van der Waals surface area contributed by atoms with Gasteiger partial charge >= 0.3 is 0 Å². The Kier molecular flexibility index (Phi) is 4.46. The highest BCUT2D eigenvalue weighted by molar-refractivity contribution is 7.92. The van der Waals surface area contributed by atoms with Crippen molar-refractivity contribution in [3.63, 3.8) is 0 Å². The summed E-state index contributed by atoms with van der Waals surface area (Å²) in [6.45, 7) is 3.57. The first kappa shape index (κ1) is 16.0. The number of rotatable bonds is 5. The van der Waals surface area contributed by atoms with Crippen molar-refractivity contribution >= 4 is 21.4 Å². The number of nitrogens with zero attached hydrogens (tertiary/aromatic N) is 2. The van der Waals surface area contributed by atoms with E-state index in [1.165, 1.54) is 16.4 Å². The molecule has 0 N–H and O–H groups in total. The van der Waals surface area contributed by atoms with E-state index in [4.69, 9.17) is 0 Å². The summed E-state index contributed by atoms with van der Waals surface area (Å²) < 4.78 is 27.0.